The van der Waals surface area contributed by atoms with Crippen molar-refractivity contribution in [3.8, 4) is 5.75 Å². The van der Waals surface area contributed by atoms with Crippen LogP contribution in [0, 0.1) is 16.0 Å². The molecule has 0 saturated heterocycles. The molecule has 0 spiro atoms. The van der Waals surface area contributed by atoms with Crippen LogP contribution in [0.4, 0.5) is 5.69 Å². The van der Waals surface area contributed by atoms with E-state index in [1.54, 1.807) is 19.1 Å². The fourth-order valence-electron chi connectivity index (χ4n) is 1.25. The highest BCUT2D eigenvalue weighted by molar-refractivity contribution is 5.52. The molecule has 18 heavy (non-hydrogen) atoms. The van der Waals surface area contributed by atoms with E-state index in [-0.39, 0.29) is 30.6 Å². The first-order valence-corrected chi connectivity index (χ1v) is 5.54. The highest BCUT2D eigenvalue weighted by atomic mass is 16.6. The normalized spacial score (nSPS) is 11.8. The van der Waals surface area contributed by atoms with Gasteiger partial charge in [0.2, 0.25) is 0 Å². The monoisotopic (exact) mass is 253 g/mol. The average Bonchev–Trinajstić information content (AvgIpc) is 2.38. The highest BCUT2D eigenvalue weighted by Gasteiger charge is 2.13. The lowest BCUT2D eigenvalue weighted by Crippen LogP contribution is -2.12. The lowest BCUT2D eigenvalue weighted by Gasteiger charge is -2.08. The second kappa shape index (κ2) is 7.39. The smallest absolute Gasteiger partial charge is 0.310 e. The van der Waals surface area contributed by atoms with Gasteiger partial charge in [0.25, 0.3) is 0 Å². The van der Waals surface area contributed by atoms with Crippen LogP contribution in [0.2, 0.25) is 0 Å². The van der Waals surface area contributed by atoms with E-state index in [4.69, 9.17) is 9.47 Å². The predicted molar refractivity (Wildman–Crippen MR) is 64.6 cm³/mol. The Hall–Kier alpha value is -1.95. The maximum Gasteiger partial charge on any atom is 0.310 e. The summed E-state index contributed by atoms with van der Waals surface area (Å²) in [6.07, 6.45) is 0.808. The second-order valence-electron chi connectivity index (χ2n) is 3.76. The SMILES string of the molecule is CC(C=O)COCCOc1ccccc1[N+](=O)[O-]. The molecule has 0 aliphatic carbocycles. The summed E-state index contributed by atoms with van der Waals surface area (Å²) in [5.41, 5.74) is -0.0706. The molecule has 0 radical (unpaired) electrons. The Balaban J connectivity index is 2.35. The van der Waals surface area contributed by atoms with E-state index in [0.717, 1.165) is 6.29 Å². The van der Waals surface area contributed by atoms with Crippen LogP contribution in [0.3, 0.4) is 0 Å². The van der Waals surface area contributed by atoms with Gasteiger partial charge in [0.1, 0.15) is 12.9 Å². The Morgan fingerprint density at radius 1 is 1.39 bits per heavy atom. The first-order valence-electron chi connectivity index (χ1n) is 5.54. The standard InChI is InChI=1S/C12H15NO5/c1-10(8-14)9-17-6-7-18-12-5-3-2-4-11(12)13(15)16/h2-5,8,10H,6-7,9H2,1H3. The van der Waals surface area contributed by atoms with Crippen LogP contribution in [0.1, 0.15) is 6.92 Å². The number of para-hydroxylation sites is 2. The first-order chi connectivity index (χ1) is 8.65. The summed E-state index contributed by atoms with van der Waals surface area (Å²) in [4.78, 5) is 20.5. The number of benzene rings is 1. The van der Waals surface area contributed by atoms with Crippen LogP contribution in [0.5, 0.6) is 5.75 Å². The number of ether oxygens (including phenoxy) is 2. The minimum Gasteiger partial charge on any atom is -0.484 e. The minimum atomic E-state index is -0.495. The third-order valence-electron chi connectivity index (χ3n) is 2.16. The fraction of sp³-hybridized carbons (Fsp3) is 0.417. The molecule has 1 atom stereocenters. The maximum absolute atomic E-state index is 10.7. The van der Waals surface area contributed by atoms with Crippen LogP contribution in [0.15, 0.2) is 24.3 Å². The molecular formula is C12H15NO5. The summed E-state index contributed by atoms with van der Waals surface area (Å²) in [5, 5.41) is 10.7. The fourth-order valence-corrected chi connectivity index (χ4v) is 1.25. The van der Waals surface area contributed by atoms with Crippen LogP contribution >= 0.6 is 0 Å². The Labute approximate surface area is 105 Å². The number of aldehydes is 1. The topological polar surface area (TPSA) is 78.7 Å². The minimum absolute atomic E-state index is 0.0706. The van der Waals surface area contributed by atoms with Gasteiger partial charge in [0, 0.05) is 12.0 Å². The van der Waals surface area contributed by atoms with Crippen LogP contribution < -0.4 is 4.74 Å². The second-order valence-corrected chi connectivity index (χ2v) is 3.76. The molecule has 0 fully saturated rings. The molecule has 0 aliphatic heterocycles. The molecule has 1 aromatic carbocycles. The average molecular weight is 253 g/mol. The number of nitro benzene ring substituents is 1. The lowest BCUT2D eigenvalue weighted by molar-refractivity contribution is -0.385. The molecule has 6 heteroatoms. The van der Waals surface area contributed by atoms with E-state index in [1.165, 1.54) is 12.1 Å². The van der Waals surface area contributed by atoms with E-state index in [2.05, 4.69) is 0 Å². The van der Waals surface area contributed by atoms with E-state index in [0.29, 0.717) is 6.61 Å². The molecule has 1 aromatic rings. The summed E-state index contributed by atoms with van der Waals surface area (Å²) in [6.45, 7) is 2.56. The first kappa shape index (κ1) is 14.1. The molecular weight excluding hydrogens is 238 g/mol. The van der Waals surface area contributed by atoms with Gasteiger partial charge in [-0.1, -0.05) is 19.1 Å². The zero-order valence-electron chi connectivity index (χ0n) is 10.1. The summed E-state index contributed by atoms with van der Waals surface area (Å²) in [6, 6.07) is 6.15. The van der Waals surface area contributed by atoms with Crippen LogP contribution in [-0.4, -0.2) is 31.0 Å². The molecule has 0 saturated carbocycles. The molecule has 6 nitrogen and oxygen atoms in total. The van der Waals surface area contributed by atoms with E-state index >= 15 is 0 Å². The van der Waals surface area contributed by atoms with Crippen molar-refractivity contribution in [2.24, 2.45) is 5.92 Å². The number of hydrogen-bond donors (Lipinski definition) is 0. The van der Waals surface area contributed by atoms with Gasteiger partial charge in [-0.25, -0.2) is 0 Å². The predicted octanol–water partition coefficient (Wildman–Crippen LogP) is 1.83. The Bertz CT molecular complexity index is 407. The van der Waals surface area contributed by atoms with Gasteiger partial charge in [0.05, 0.1) is 18.1 Å². The number of carbonyl (C=O) groups excluding carboxylic acids is 1. The molecule has 1 rings (SSSR count). The largest absolute Gasteiger partial charge is 0.484 e. The Morgan fingerprint density at radius 3 is 2.78 bits per heavy atom. The maximum atomic E-state index is 10.7. The van der Waals surface area contributed by atoms with Crippen molar-refractivity contribution in [2.75, 3.05) is 19.8 Å². The van der Waals surface area contributed by atoms with Crippen molar-refractivity contribution in [3.63, 3.8) is 0 Å². The van der Waals surface area contributed by atoms with Crippen molar-refractivity contribution < 1.29 is 19.2 Å². The van der Waals surface area contributed by atoms with Crippen LogP contribution in [-0.2, 0) is 9.53 Å². The van der Waals surface area contributed by atoms with E-state index in [1.807, 2.05) is 0 Å². The van der Waals surface area contributed by atoms with Gasteiger partial charge in [-0.3, -0.25) is 10.1 Å². The molecule has 0 N–H and O–H groups in total. The summed E-state index contributed by atoms with van der Waals surface area (Å²) < 4.78 is 10.4. The number of carbonyl (C=O) groups is 1. The third-order valence-corrected chi connectivity index (χ3v) is 2.16. The summed E-state index contributed by atoms with van der Waals surface area (Å²) >= 11 is 0. The molecule has 0 amide bonds. The van der Waals surface area contributed by atoms with Crippen molar-refractivity contribution in [1.29, 1.82) is 0 Å². The third kappa shape index (κ3) is 4.50. The van der Waals surface area contributed by atoms with Gasteiger partial charge in [0.15, 0.2) is 5.75 Å². The number of hydrogen-bond acceptors (Lipinski definition) is 5. The van der Waals surface area contributed by atoms with Crippen molar-refractivity contribution >= 4 is 12.0 Å². The van der Waals surface area contributed by atoms with Gasteiger partial charge >= 0.3 is 5.69 Å². The Morgan fingerprint density at radius 2 is 2.11 bits per heavy atom. The van der Waals surface area contributed by atoms with E-state index in [9.17, 15) is 14.9 Å². The Kier molecular flexibility index (Phi) is 5.79. The zero-order valence-corrected chi connectivity index (χ0v) is 10.1. The van der Waals surface area contributed by atoms with Crippen molar-refractivity contribution in [2.45, 2.75) is 6.92 Å². The van der Waals surface area contributed by atoms with Gasteiger partial charge in [-0.2, -0.15) is 0 Å². The summed E-state index contributed by atoms with van der Waals surface area (Å²) in [7, 11) is 0. The molecule has 0 heterocycles. The van der Waals surface area contributed by atoms with E-state index < -0.39 is 4.92 Å². The number of nitro groups is 1. The molecule has 0 aromatic heterocycles. The van der Waals surface area contributed by atoms with Gasteiger partial charge < -0.3 is 14.3 Å². The number of nitrogens with zero attached hydrogens (tertiary/aromatic N) is 1. The molecule has 1 unspecified atom stereocenters. The summed E-state index contributed by atoms with van der Waals surface area (Å²) in [5.74, 6) is 0.0607. The molecule has 98 valence electrons. The van der Waals surface area contributed by atoms with Gasteiger partial charge in [-0.05, 0) is 6.07 Å². The van der Waals surface area contributed by atoms with Crippen molar-refractivity contribution in [1.82, 2.24) is 0 Å². The zero-order chi connectivity index (χ0) is 13.4. The highest BCUT2D eigenvalue weighted by Crippen LogP contribution is 2.25. The molecule has 0 aliphatic rings. The van der Waals surface area contributed by atoms with Crippen LogP contribution in [0.25, 0.3) is 0 Å². The number of rotatable bonds is 8. The van der Waals surface area contributed by atoms with Gasteiger partial charge in [-0.15, -0.1) is 0 Å². The lowest BCUT2D eigenvalue weighted by atomic mass is 10.2. The quantitative estimate of drug-likeness (QED) is 0.305. The van der Waals surface area contributed by atoms with Crippen molar-refractivity contribution in [3.05, 3.63) is 34.4 Å². The molecule has 0 bridgehead atoms.